The summed E-state index contributed by atoms with van der Waals surface area (Å²) in [6.07, 6.45) is 0. The summed E-state index contributed by atoms with van der Waals surface area (Å²) in [5, 5.41) is 13.2. The summed E-state index contributed by atoms with van der Waals surface area (Å²) < 4.78 is 0.819. The van der Waals surface area contributed by atoms with E-state index in [1.54, 1.807) is 11.3 Å². The molecule has 2 N–H and O–H groups in total. The molecule has 0 saturated heterocycles. The van der Waals surface area contributed by atoms with E-state index in [-0.39, 0.29) is 6.04 Å². The Morgan fingerprint density at radius 1 is 1.26 bits per heavy atom. The minimum atomic E-state index is 0.270. The third-order valence-electron chi connectivity index (χ3n) is 3.18. The third kappa shape index (κ3) is 3.50. The number of halogens is 1. The molecule has 102 valence electrons. The SMILES string of the molecule is Cc1cc(CNC(C)c2ccc(Cl)s2)cc(C)c1O. The van der Waals surface area contributed by atoms with E-state index >= 15 is 0 Å². The van der Waals surface area contributed by atoms with Crippen molar-refractivity contribution in [3.8, 4) is 5.75 Å². The van der Waals surface area contributed by atoms with Crippen molar-refractivity contribution in [2.45, 2.75) is 33.4 Å². The number of phenolic OH excluding ortho intramolecular Hbond substituents is 1. The summed E-state index contributed by atoms with van der Waals surface area (Å²) in [6.45, 7) is 6.75. The first-order valence-corrected chi connectivity index (χ1v) is 7.44. The lowest BCUT2D eigenvalue weighted by Crippen LogP contribution is -2.17. The highest BCUT2D eigenvalue weighted by atomic mass is 35.5. The predicted octanol–water partition coefficient (Wildman–Crippen LogP) is 4.57. The van der Waals surface area contributed by atoms with Crippen molar-refractivity contribution in [3.63, 3.8) is 0 Å². The summed E-state index contributed by atoms with van der Waals surface area (Å²) in [6, 6.07) is 8.28. The van der Waals surface area contributed by atoms with Crippen LogP contribution < -0.4 is 5.32 Å². The maximum Gasteiger partial charge on any atom is 0.121 e. The molecule has 0 saturated carbocycles. The fourth-order valence-electron chi connectivity index (χ4n) is 2.08. The monoisotopic (exact) mass is 295 g/mol. The third-order valence-corrected chi connectivity index (χ3v) is 4.60. The maximum absolute atomic E-state index is 9.76. The average molecular weight is 296 g/mol. The van der Waals surface area contributed by atoms with E-state index in [1.165, 1.54) is 10.4 Å². The van der Waals surface area contributed by atoms with E-state index in [0.29, 0.717) is 5.75 Å². The molecule has 0 aliphatic carbocycles. The lowest BCUT2D eigenvalue weighted by atomic mass is 10.1. The molecule has 0 amide bonds. The molecule has 1 atom stereocenters. The van der Waals surface area contributed by atoms with Crippen molar-refractivity contribution in [3.05, 3.63) is 50.2 Å². The first kappa shape index (κ1) is 14.4. The molecule has 0 aliphatic heterocycles. The summed E-state index contributed by atoms with van der Waals surface area (Å²) >= 11 is 7.55. The number of hydrogen-bond acceptors (Lipinski definition) is 3. The highest BCUT2D eigenvalue weighted by molar-refractivity contribution is 7.16. The number of thiophene rings is 1. The molecule has 0 radical (unpaired) electrons. The summed E-state index contributed by atoms with van der Waals surface area (Å²) in [5.41, 5.74) is 3.02. The Morgan fingerprint density at radius 3 is 2.42 bits per heavy atom. The molecular formula is C15H18ClNOS. The zero-order valence-electron chi connectivity index (χ0n) is 11.3. The van der Waals surface area contributed by atoms with Crippen LogP contribution in [-0.4, -0.2) is 5.11 Å². The Kier molecular flexibility index (Phi) is 4.50. The lowest BCUT2D eigenvalue weighted by molar-refractivity contribution is 0.466. The van der Waals surface area contributed by atoms with Crippen LogP contribution in [0.1, 0.15) is 34.5 Å². The number of aromatic hydroxyl groups is 1. The summed E-state index contributed by atoms with van der Waals surface area (Å²) in [7, 11) is 0. The molecule has 0 bridgehead atoms. The van der Waals surface area contributed by atoms with Crippen molar-refractivity contribution >= 4 is 22.9 Å². The van der Waals surface area contributed by atoms with E-state index in [9.17, 15) is 5.11 Å². The van der Waals surface area contributed by atoms with Crippen LogP contribution in [0.3, 0.4) is 0 Å². The number of benzene rings is 1. The molecule has 1 aromatic heterocycles. The highest BCUT2D eigenvalue weighted by Gasteiger charge is 2.09. The molecule has 4 heteroatoms. The van der Waals surface area contributed by atoms with Gasteiger partial charge in [0.25, 0.3) is 0 Å². The first-order chi connectivity index (χ1) is 8.97. The summed E-state index contributed by atoms with van der Waals surface area (Å²) in [4.78, 5) is 1.23. The second kappa shape index (κ2) is 5.95. The topological polar surface area (TPSA) is 32.3 Å². The number of hydrogen-bond donors (Lipinski definition) is 2. The van der Waals surface area contributed by atoms with Crippen molar-refractivity contribution in [2.24, 2.45) is 0 Å². The standard InChI is InChI=1S/C15H18ClNOS/c1-9-6-12(7-10(2)15(9)18)8-17-11(3)13-4-5-14(16)19-13/h4-7,11,17-18H,8H2,1-3H3. The normalized spacial score (nSPS) is 12.6. The van der Waals surface area contributed by atoms with Gasteiger partial charge in [-0.25, -0.2) is 0 Å². The van der Waals surface area contributed by atoms with E-state index in [1.807, 2.05) is 32.0 Å². The molecule has 2 nitrogen and oxygen atoms in total. The Bertz CT molecular complexity index is 556. The maximum atomic E-state index is 9.76. The van der Waals surface area contributed by atoms with Crippen LogP contribution in [0.25, 0.3) is 0 Å². The molecule has 1 heterocycles. The molecule has 0 fully saturated rings. The van der Waals surface area contributed by atoms with Crippen LogP contribution >= 0.6 is 22.9 Å². The second-order valence-electron chi connectivity index (χ2n) is 4.82. The van der Waals surface area contributed by atoms with Crippen LogP contribution in [0.2, 0.25) is 4.34 Å². The minimum absolute atomic E-state index is 0.270. The van der Waals surface area contributed by atoms with Gasteiger partial charge in [0.15, 0.2) is 0 Å². The van der Waals surface area contributed by atoms with Crippen LogP contribution in [0.5, 0.6) is 5.75 Å². The molecule has 1 aromatic carbocycles. The molecule has 0 aliphatic rings. The van der Waals surface area contributed by atoms with Gasteiger partial charge in [-0.15, -0.1) is 11.3 Å². The highest BCUT2D eigenvalue weighted by Crippen LogP contribution is 2.27. The Morgan fingerprint density at radius 2 is 1.89 bits per heavy atom. The molecule has 2 rings (SSSR count). The molecule has 19 heavy (non-hydrogen) atoms. The molecule has 1 unspecified atom stereocenters. The van der Waals surface area contributed by atoms with Crippen molar-refractivity contribution < 1.29 is 5.11 Å². The van der Waals surface area contributed by atoms with E-state index in [2.05, 4.69) is 18.3 Å². The fourth-order valence-corrected chi connectivity index (χ4v) is 3.17. The minimum Gasteiger partial charge on any atom is -0.507 e. The number of aryl methyl sites for hydroxylation is 2. The Balaban J connectivity index is 2.03. The van der Waals surface area contributed by atoms with Gasteiger partial charge in [-0.1, -0.05) is 23.7 Å². The van der Waals surface area contributed by atoms with Gasteiger partial charge in [-0.2, -0.15) is 0 Å². The Hall–Kier alpha value is -1.03. The van der Waals surface area contributed by atoms with Crippen LogP contribution in [-0.2, 0) is 6.54 Å². The molecular weight excluding hydrogens is 278 g/mol. The van der Waals surface area contributed by atoms with Crippen LogP contribution in [0, 0.1) is 13.8 Å². The number of rotatable bonds is 4. The Labute approximate surface area is 123 Å². The van der Waals surface area contributed by atoms with Gasteiger partial charge >= 0.3 is 0 Å². The van der Waals surface area contributed by atoms with Gasteiger partial charge in [-0.3, -0.25) is 0 Å². The average Bonchev–Trinajstić information content (AvgIpc) is 2.79. The number of phenols is 1. The fraction of sp³-hybridized carbons (Fsp3) is 0.333. The van der Waals surface area contributed by atoms with Gasteiger partial charge in [0, 0.05) is 17.5 Å². The van der Waals surface area contributed by atoms with E-state index < -0.39 is 0 Å². The van der Waals surface area contributed by atoms with Crippen LogP contribution in [0.15, 0.2) is 24.3 Å². The van der Waals surface area contributed by atoms with Gasteiger partial charge in [0.2, 0.25) is 0 Å². The van der Waals surface area contributed by atoms with E-state index in [0.717, 1.165) is 22.0 Å². The number of nitrogens with one attached hydrogen (secondary N) is 1. The largest absolute Gasteiger partial charge is 0.507 e. The zero-order chi connectivity index (χ0) is 14.0. The summed E-state index contributed by atoms with van der Waals surface area (Å²) in [5.74, 6) is 0.391. The van der Waals surface area contributed by atoms with Gasteiger partial charge in [0.05, 0.1) is 4.34 Å². The van der Waals surface area contributed by atoms with E-state index in [4.69, 9.17) is 11.6 Å². The zero-order valence-corrected chi connectivity index (χ0v) is 12.9. The molecule has 0 spiro atoms. The van der Waals surface area contributed by atoms with Crippen LogP contribution in [0.4, 0.5) is 0 Å². The van der Waals surface area contributed by atoms with Crippen molar-refractivity contribution in [1.29, 1.82) is 0 Å². The lowest BCUT2D eigenvalue weighted by Gasteiger charge is -2.13. The van der Waals surface area contributed by atoms with Gasteiger partial charge < -0.3 is 10.4 Å². The molecule has 2 aromatic rings. The van der Waals surface area contributed by atoms with Crippen molar-refractivity contribution in [1.82, 2.24) is 5.32 Å². The van der Waals surface area contributed by atoms with Gasteiger partial charge in [-0.05, 0) is 49.6 Å². The quantitative estimate of drug-likeness (QED) is 0.865. The second-order valence-corrected chi connectivity index (χ2v) is 6.57. The van der Waals surface area contributed by atoms with Crippen molar-refractivity contribution in [2.75, 3.05) is 0 Å². The smallest absolute Gasteiger partial charge is 0.121 e. The van der Waals surface area contributed by atoms with Gasteiger partial charge in [0.1, 0.15) is 5.75 Å². The first-order valence-electron chi connectivity index (χ1n) is 6.25. The predicted molar refractivity (Wildman–Crippen MR) is 82.2 cm³/mol.